The molecule has 5 rings (SSSR count). The number of nitrogens with zero attached hydrogens (tertiary/aromatic N) is 1. The number of hydrogen-bond acceptors (Lipinski definition) is 5. The van der Waals surface area contributed by atoms with Gasteiger partial charge in [-0.15, -0.1) is 0 Å². The summed E-state index contributed by atoms with van der Waals surface area (Å²) in [7, 11) is 1.57. The molecule has 2 amide bonds. The summed E-state index contributed by atoms with van der Waals surface area (Å²) in [6.45, 7) is 1.85. The number of benzene rings is 1. The SMILES string of the molecule is CNC(=O)c1cc(C(=O)N[C@H]2[C@@H]3COC[C@@H]32)cc2c1OCC2c1ccncc1. The molecule has 3 aliphatic rings. The second-order valence-corrected chi connectivity index (χ2v) is 7.53. The molecule has 4 atom stereocenters. The summed E-state index contributed by atoms with van der Waals surface area (Å²) in [5.41, 5.74) is 2.77. The average Bonchev–Trinajstić information content (AvgIpc) is 3.10. The molecule has 2 fully saturated rings. The first-order valence-corrected chi connectivity index (χ1v) is 9.48. The number of rotatable bonds is 4. The van der Waals surface area contributed by atoms with Crippen molar-refractivity contribution in [2.45, 2.75) is 12.0 Å². The highest BCUT2D eigenvalue weighted by atomic mass is 16.5. The number of pyridine rings is 1. The minimum absolute atomic E-state index is 0.0390. The fourth-order valence-corrected chi connectivity index (χ4v) is 4.32. The minimum Gasteiger partial charge on any atom is -0.491 e. The zero-order chi connectivity index (χ0) is 19.3. The van der Waals surface area contributed by atoms with Gasteiger partial charge in [-0.25, -0.2) is 0 Å². The molecule has 2 N–H and O–H groups in total. The van der Waals surface area contributed by atoms with E-state index < -0.39 is 0 Å². The van der Waals surface area contributed by atoms with Gasteiger partial charge in [-0.2, -0.15) is 0 Å². The first kappa shape index (κ1) is 17.2. The molecule has 1 saturated heterocycles. The van der Waals surface area contributed by atoms with Crippen molar-refractivity contribution >= 4 is 11.8 Å². The summed E-state index contributed by atoms with van der Waals surface area (Å²) in [6, 6.07) is 7.51. The fourth-order valence-electron chi connectivity index (χ4n) is 4.32. The van der Waals surface area contributed by atoms with Crippen molar-refractivity contribution in [1.82, 2.24) is 15.6 Å². The van der Waals surface area contributed by atoms with Crippen molar-refractivity contribution in [3.05, 3.63) is 58.9 Å². The molecule has 28 heavy (non-hydrogen) atoms. The van der Waals surface area contributed by atoms with Gasteiger partial charge in [0.25, 0.3) is 11.8 Å². The summed E-state index contributed by atoms with van der Waals surface area (Å²) in [5.74, 6) is 0.928. The summed E-state index contributed by atoms with van der Waals surface area (Å²) in [4.78, 5) is 29.4. The Bertz CT molecular complexity index is 936. The molecule has 0 radical (unpaired) electrons. The maximum Gasteiger partial charge on any atom is 0.254 e. The molecule has 144 valence electrons. The van der Waals surface area contributed by atoms with Crippen molar-refractivity contribution in [2.24, 2.45) is 11.8 Å². The molecule has 1 aromatic heterocycles. The molecule has 1 aliphatic carbocycles. The standard InChI is InChI=1S/C21H21N3O4/c1-22-21(26)14-7-12(20(25)24-18-16-8-27-9-17(16)18)6-13-15(10-28-19(13)14)11-2-4-23-5-3-11/h2-7,15-18H,8-10H2,1H3,(H,22,26)(H,24,25)/t15?,16-,17+,18+. The molecular formula is C21H21N3O4. The van der Waals surface area contributed by atoms with Gasteiger partial charge in [0.2, 0.25) is 0 Å². The van der Waals surface area contributed by atoms with Gasteiger partial charge in [0.15, 0.2) is 0 Å². The van der Waals surface area contributed by atoms with Gasteiger partial charge < -0.3 is 20.1 Å². The van der Waals surface area contributed by atoms with Crippen LogP contribution in [0.5, 0.6) is 5.75 Å². The minimum atomic E-state index is -0.266. The third-order valence-corrected chi connectivity index (χ3v) is 5.98. The summed E-state index contributed by atoms with van der Waals surface area (Å²) in [6.07, 6.45) is 3.47. The van der Waals surface area contributed by atoms with E-state index in [0.29, 0.717) is 48.5 Å². The van der Waals surface area contributed by atoms with E-state index in [9.17, 15) is 9.59 Å². The van der Waals surface area contributed by atoms with Crippen LogP contribution in [0.4, 0.5) is 0 Å². The Hall–Kier alpha value is -2.93. The van der Waals surface area contributed by atoms with Crippen molar-refractivity contribution in [2.75, 3.05) is 26.9 Å². The van der Waals surface area contributed by atoms with E-state index in [1.165, 1.54) is 0 Å². The maximum atomic E-state index is 12.9. The van der Waals surface area contributed by atoms with E-state index in [4.69, 9.17) is 9.47 Å². The molecule has 2 aliphatic heterocycles. The van der Waals surface area contributed by atoms with Crippen molar-refractivity contribution in [1.29, 1.82) is 0 Å². The van der Waals surface area contributed by atoms with E-state index in [-0.39, 0.29) is 23.8 Å². The molecule has 0 bridgehead atoms. The van der Waals surface area contributed by atoms with Crippen molar-refractivity contribution < 1.29 is 19.1 Å². The van der Waals surface area contributed by atoms with Crippen LogP contribution in [0.1, 0.15) is 37.8 Å². The smallest absolute Gasteiger partial charge is 0.254 e. The second kappa shape index (κ2) is 6.60. The number of hydrogen-bond donors (Lipinski definition) is 2. The van der Waals surface area contributed by atoms with Gasteiger partial charge in [0, 0.05) is 54.4 Å². The van der Waals surface area contributed by atoms with E-state index in [1.807, 2.05) is 18.2 Å². The van der Waals surface area contributed by atoms with Crippen LogP contribution in [-0.2, 0) is 4.74 Å². The topological polar surface area (TPSA) is 89.6 Å². The molecule has 2 aromatic rings. The Labute approximate surface area is 162 Å². The number of ether oxygens (including phenoxy) is 2. The Balaban J connectivity index is 1.50. The summed E-state index contributed by atoms with van der Waals surface area (Å²) >= 11 is 0. The number of fused-ring (bicyclic) bond motifs is 2. The van der Waals surface area contributed by atoms with Gasteiger partial charge in [0.1, 0.15) is 5.75 Å². The largest absolute Gasteiger partial charge is 0.491 e. The Kier molecular flexibility index (Phi) is 4.05. The number of amides is 2. The Morgan fingerprint density at radius 2 is 1.82 bits per heavy atom. The lowest BCUT2D eigenvalue weighted by atomic mass is 9.91. The molecule has 1 unspecified atom stereocenters. The zero-order valence-electron chi connectivity index (χ0n) is 15.5. The number of aromatic nitrogens is 1. The van der Waals surface area contributed by atoms with Crippen LogP contribution in [0.3, 0.4) is 0 Å². The highest BCUT2D eigenvalue weighted by Gasteiger charge is 2.54. The average molecular weight is 379 g/mol. The van der Waals surface area contributed by atoms with Crippen LogP contribution < -0.4 is 15.4 Å². The molecule has 7 nitrogen and oxygen atoms in total. The molecule has 7 heteroatoms. The lowest BCUT2D eigenvalue weighted by molar-refractivity contribution is 0.0929. The van der Waals surface area contributed by atoms with Crippen molar-refractivity contribution in [3.63, 3.8) is 0 Å². The second-order valence-electron chi connectivity index (χ2n) is 7.53. The molecule has 3 heterocycles. The normalized spacial score (nSPS) is 26.8. The summed E-state index contributed by atoms with van der Waals surface area (Å²) in [5, 5.41) is 5.74. The Morgan fingerprint density at radius 1 is 1.07 bits per heavy atom. The van der Waals surface area contributed by atoms with Gasteiger partial charge >= 0.3 is 0 Å². The zero-order valence-corrected chi connectivity index (χ0v) is 15.5. The van der Waals surface area contributed by atoms with Crippen LogP contribution >= 0.6 is 0 Å². The van der Waals surface area contributed by atoms with Crippen LogP contribution in [0.2, 0.25) is 0 Å². The quantitative estimate of drug-likeness (QED) is 0.837. The third-order valence-electron chi connectivity index (χ3n) is 5.98. The highest BCUT2D eigenvalue weighted by molar-refractivity contribution is 6.02. The molecule has 0 spiro atoms. The highest BCUT2D eigenvalue weighted by Crippen LogP contribution is 2.45. The lowest BCUT2D eigenvalue weighted by Gasteiger charge is -2.13. The van der Waals surface area contributed by atoms with Gasteiger partial charge in [-0.05, 0) is 29.8 Å². The van der Waals surface area contributed by atoms with Gasteiger partial charge in [-0.3, -0.25) is 14.6 Å². The first-order valence-electron chi connectivity index (χ1n) is 9.48. The fraction of sp³-hybridized carbons (Fsp3) is 0.381. The monoisotopic (exact) mass is 379 g/mol. The van der Waals surface area contributed by atoms with Gasteiger partial charge in [-0.1, -0.05) is 0 Å². The lowest BCUT2D eigenvalue weighted by Crippen LogP contribution is -2.30. The first-order chi connectivity index (χ1) is 13.7. The van der Waals surface area contributed by atoms with E-state index in [2.05, 4.69) is 15.6 Å². The van der Waals surface area contributed by atoms with E-state index in [0.717, 1.165) is 11.1 Å². The van der Waals surface area contributed by atoms with Crippen LogP contribution in [0.15, 0.2) is 36.7 Å². The number of carbonyl (C=O) groups excluding carboxylic acids is 2. The van der Waals surface area contributed by atoms with E-state index >= 15 is 0 Å². The van der Waals surface area contributed by atoms with Gasteiger partial charge in [0.05, 0.1) is 25.4 Å². The maximum absolute atomic E-state index is 12.9. The molecule has 1 saturated carbocycles. The molecule has 1 aromatic carbocycles. The number of carbonyl (C=O) groups is 2. The van der Waals surface area contributed by atoms with Crippen LogP contribution in [0, 0.1) is 11.8 Å². The third kappa shape index (κ3) is 2.74. The Morgan fingerprint density at radius 3 is 2.54 bits per heavy atom. The predicted octanol–water partition coefficient (Wildman–Crippen LogP) is 1.34. The van der Waals surface area contributed by atoms with Crippen molar-refractivity contribution in [3.8, 4) is 5.75 Å². The predicted molar refractivity (Wildman–Crippen MR) is 100 cm³/mol. The molecular weight excluding hydrogens is 358 g/mol. The van der Waals surface area contributed by atoms with Crippen LogP contribution in [0.25, 0.3) is 0 Å². The van der Waals surface area contributed by atoms with E-state index in [1.54, 1.807) is 25.5 Å². The van der Waals surface area contributed by atoms with Crippen LogP contribution in [-0.4, -0.2) is 49.7 Å². The summed E-state index contributed by atoms with van der Waals surface area (Å²) < 4.78 is 11.3. The number of nitrogens with one attached hydrogen (secondary N) is 2.